The lowest BCUT2D eigenvalue weighted by Crippen LogP contribution is -2.33. The van der Waals surface area contributed by atoms with Crippen molar-refractivity contribution in [1.82, 2.24) is 15.3 Å². The summed E-state index contributed by atoms with van der Waals surface area (Å²) in [5, 5.41) is 3.14. The molecule has 3 N–H and O–H groups in total. The third-order valence-corrected chi connectivity index (χ3v) is 2.36. The topological polar surface area (TPSA) is 76.2 Å². The lowest BCUT2D eigenvalue weighted by molar-refractivity contribution is 0.859. The van der Waals surface area contributed by atoms with Gasteiger partial charge in [0.1, 0.15) is 5.82 Å². The fraction of sp³-hybridized carbons (Fsp3) is 0.545. The van der Waals surface area contributed by atoms with E-state index >= 15 is 0 Å². The fourth-order valence-electron chi connectivity index (χ4n) is 1.52. The van der Waals surface area contributed by atoms with E-state index in [-0.39, 0.29) is 0 Å². The van der Waals surface area contributed by atoms with Crippen molar-refractivity contribution >= 4 is 5.96 Å². The Labute approximate surface area is 95.2 Å². The van der Waals surface area contributed by atoms with Crippen molar-refractivity contribution in [2.45, 2.75) is 39.3 Å². The van der Waals surface area contributed by atoms with E-state index in [1.54, 1.807) is 0 Å². The number of guanidine groups is 1. The summed E-state index contributed by atoms with van der Waals surface area (Å²) in [6.07, 6.45) is 2.39. The molecule has 0 amide bonds. The SMILES string of the molecule is Cc1cc(CN=C(N)NC2CC2)nc(C)n1. The molecule has 1 aromatic rings. The summed E-state index contributed by atoms with van der Waals surface area (Å²) in [7, 11) is 0. The Hall–Kier alpha value is -1.65. The minimum absolute atomic E-state index is 0.510. The summed E-state index contributed by atoms with van der Waals surface area (Å²) >= 11 is 0. The van der Waals surface area contributed by atoms with Gasteiger partial charge >= 0.3 is 0 Å². The van der Waals surface area contributed by atoms with Gasteiger partial charge in [0.15, 0.2) is 5.96 Å². The monoisotopic (exact) mass is 219 g/mol. The van der Waals surface area contributed by atoms with E-state index in [9.17, 15) is 0 Å². The van der Waals surface area contributed by atoms with Crippen LogP contribution in [0.3, 0.4) is 0 Å². The van der Waals surface area contributed by atoms with Gasteiger partial charge in [0.05, 0.1) is 12.2 Å². The summed E-state index contributed by atoms with van der Waals surface area (Å²) in [4.78, 5) is 12.8. The number of aromatic nitrogens is 2. The molecule has 0 aromatic carbocycles. The minimum Gasteiger partial charge on any atom is -0.370 e. The third-order valence-electron chi connectivity index (χ3n) is 2.36. The largest absolute Gasteiger partial charge is 0.370 e. The molecule has 2 rings (SSSR count). The molecule has 0 saturated heterocycles. The number of aliphatic imine (C=N–C) groups is 1. The molecular formula is C11H17N5. The lowest BCUT2D eigenvalue weighted by Gasteiger charge is -2.04. The van der Waals surface area contributed by atoms with Gasteiger partial charge in [0.25, 0.3) is 0 Å². The zero-order valence-electron chi connectivity index (χ0n) is 9.70. The molecule has 0 aliphatic heterocycles. The Morgan fingerprint density at radius 2 is 2.25 bits per heavy atom. The van der Waals surface area contributed by atoms with E-state index in [2.05, 4.69) is 20.3 Å². The second-order valence-electron chi connectivity index (χ2n) is 4.17. The van der Waals surface area contributed by atoms with Crippen molar-refractivity contribution in [3.63, 3.8) is 0 Å². The summed E-state index contributed by atoms with van der Waals surface area (Å²) in [5.41, 5.74) is 7.61. The normalized spacial score (nSPS) is 16.2. The zero-order valence-corrected chi connectivity index (χ0v) is 9.70. The third kappa shape index (κ3) is 3.18. The van der Waals surface area contributed by atoms with Gasteiger partial charge in [-0.3, -0.25) is 0 Å². The molecule has 1 saturated carbocycles. The van der Waals surface area contributed by atoms with Crippen molar-refractivity contribution in [2.24, 2.45) is 10.7 Å². The average molecular weight is 219 g/mol. The first-order chi connectivity index (χ1) is 7.63. The molecule has 1 aliphatic rings. The highest BCUT2D eigenvalue weighted by Crippen LogP contribution is 2.18. The number of nitrogens with two attached hydrogens (primary N) is 1. The first kappa shape index (κ1) is 10.9. The molecule has 1 heterocycles. The molecule has 5 heteroatoms. The van der Waals surface area contributed by atoms with E-state index in [4.69, 9.17) is 5.73 Å². The van der Waals surface area contributed by atoms with Crippen LogP contribution in [-0.2, 0) is 6.54 Å². The minimum atomic E-state index is 0.510. The Bertz CT molecular complexity index is 389. The molecule has 1 aliphatic carbocycles. The van der Waals surface area contributed by atoms with Gasteiger partial charge in [-0.15, -0.1) is 0 Å². The van der Waals surface area contributed by atoms with Gasteiger partial charge in [-0.25, -0.2) is 15.0 Å². The second kappa shape index (κ2) is 4.47. The Morgan fingerprint density at radius 1 is 1.50 bits per heavy atom. The van der Waals surface area contributed by atoms with E-state index in [0.29, 0.717) is 18.5 Å². The van der Waals surface area contributed by atoms with Crippen LogP contribution in [-0.4, -0.2) is 22.0 Å². The molecule has 0 bridgehead atoms. The molecule has 1 aromatic heterocycles. The number of hydrogen-bond donors (Lipinski definition) is 2. The van der Waals surface area contributed by atoms with E-state index < -0.39 is 0 Å². The highest BCUT2D eigenvalue weighted by atomic mass is 15.1. The lowest BCUT2D eigenvalue weighted by atomic mass is 10.3. The van der Waals surface area contributed by atoms with Crippen LogP contribution in [0, 0.1) is 13.8 Å². The average Bonchev–Trinajstić information content (AvgIpc) is 2.97. The van der Waals surface area contributed by atoms with Crippen LogP contribution >= 0.6 is 0 Å². The molecule has 86 valence electrons. The Balaban J connectivity index is 1.96. The van der Waals surface area contributed by atoms with E-state index in [1.807, 2.05) is 19.9 Å². The Morgan fingerprint density at radius 3 is 2.88 bits per heavy atom. The molecule has 0 spiro atoms. The van der Waals surface area contributed by atoms with Crippen molar-refractivity contribution in [2.75, 3.05) is 0 Å². The predicted molar refractivity (Wildman–Crippen MR) is 63.0 cm³/mol. The van der Waals surface area contributed by atoms with Gasteiger partial charge in [-0.1, -0.05) is 0 Å². The molecular weight excluding hydrogens is 202 g/mol. The first-order valence-electron chi connectivity index (χ1n) is 5.51. The summed E-state index contributed by atoms with van der Waals surface area (Å²) in [6.45, 7) is 4.34. The second-order valence-corrected chi connectivity index (χ2v) is 4.17. The van der Waals surface area contributed by atoms with Crippen molar-refractivity contribution in [3.8, 4) is 0 Å². The maximum atomic E-state index is 5.73. The van der Waals surface area contributed by atoms with Crippen LogP contribution in [0.25, 0.3) is 0 Å². The quantitative estimate of drug-likeness (QED) is 0.578. The molecule has 16 heavy (non-hydrogen) atoms. The summed E-state index contributed by atoms with van der Waals surface area (Å²) < 4.78 is 0. The fourth-order valence-corrected chi connectivity index (χ4v) is 1.52. The number of nitrogens with one attached hydrogen (secondary N) is 1. The molecule has 0 atom stereocenters. The summed E-state index contributed by atoms with van der Waals surface area (Å²) in [5.74, 6) is 1.29. The number of nitrogens with zero attached hydrogens (tertiary/aromatic N) is 3. The maximum absolute atomic E-state index is 5.73. The van der Waals surface area contributed by atoms with Gasteiger partial charge in [0.2, 0.25) is 0 Å². The van der Waals surface area contributed by atoms with Crippen LogP contribution in [0.1, 0.15) is 30.1 Å². The maximum Gasteiger partial charge on any atom is 0.189 e. The molecule has 0 unspecified atom stereocenters. The van der Waals surface area contributed by atoms with Crippen LogP contribution in [0.4, 0.5) is 0 Å². The van der Waals surface area contributed by atoms with Crippen LogP contribution in [0.5, 0.6) is 0 Å². The number of rotatable bonds is 3. The highest BCUT2D eigenvalue weighted by molar-refractivity contribution is 5.78. The standard InChI is InChI=1S/C11H17N5/c1-7-5-10(15-8(2)14-7)6-13-11(12)16-9-3-4-9/h5,9H,3-4,6H2,1-2H3,(H3,12,13,16). The van der Waals surface area contributed by atoms with Crippen molar-refractivity contribution in [1.29, 1.82) is 0 Å². The van der Waals surface area contributed by atoms with E-state index in [1.165, 1.54) is 12.8 Å². The van der Waals surface area contributed by atoms with Crippen LogP contribution < -0.4 is 11.1 Å². The van der Waals surface area contributed by atoms with Gasteiger partial charge in [-0.2, -0.15) is 0 Å². The van der Waals surface area contributed by atoms with Gasteiger partial charge in [-0.05, 0) is 32.8 Å². The highest BCUT2D eigenvalue weighted by Gasteiger charge is 2.21. The number of hydrogen-bond acceptors (Lipinski definition) is 3. The van der Waals surface area contributed by atoms with Crippen LogP contribution in [0.2, 0.25) is 0 Å². The predicted octanol–water partition coefficient (Wildman–Crippen LogP) is 0.660. The smallest absolute Gasteiger partial charge is 0.189 e. The number of aryl methyl sites for hydroxylation is 2. The molecule has 1 fully saturated rings. The van der Waals surface area contributed by atoms with Gasteiger partial charge in [0, 0.05) is 11.7 Å². The van der Waals surface area contributed by atoms with Crippen LogP contribution in [0.15, 0.2) is 11.1 Å². The molecule has 5 nitrogen and oxygen atoms in total. The van der Waals surface area contributed by atoms with Crippen molar-refractivity contribution in [3.05, 3.63) is 23.3 Å². The molecule has 0 radical (unpaired) electrons. The zero-order chi connectivity index (χ0) is 11.5. The Kier molecular flexibility index (Phi) is 3.03. The van der Waals surface area contributed by atoms with E-state index in [0.717, 1.165) is 17.2 Å². The van der Waals surface area contributed by atoms with Crippen molar-refractivity contribution < 1.29 is 0 Å². The summed E-state index contributed by atoms with van der Waals surface area (Å²) in [6, 6.07) is 2.47. The first-order valence-corrected chi connectivity index (χ1v) is 5.51. The van der Waals surface area contributed by atoms with Gasteiger partial charge < -0.3 is 11.1 Å².